The van der Waals surface area contributed by atoms with E-state index in [0.29, 0.717) is 5.69 Å². The first-order valence-electron chi connectivity index (χ1n) is 7.82. The molecule has 6 nitrogen and oxygen atoms in total. The van der Waals surface area contributed by atoms with E-state index < -0.39 is 17.9 Å². The van der Waals surface area contributed by atoms with Crippen LogP contribution in [0.5, 0.6) is 0 Å². The van der Waals surface area contributed by atoms with Gasteiger partial charge in [-0.15, -0.1) is 0 Å². The van der Waals surface area contributed by atoms with E-state index in [9.17, 15) is 9.59 Å². The number of nitrogens with one attached hydrogen (secondary N) is 1. The van der Waals surface area contributed by atoms with E-state index in [2.05, 4.69) is 15.3 Å². The number of esters is 1. The lowest BCUT2D eigenvalue weighted by molar-refractivity contribution is -0.142. The van der Waals surface area contributed by atoms with Crippen molar-refractivity contribution in [2.75, 3.05) is 7.11 Å². The monoisotopic (exact) mass is 335 g/mol. The minimum Gasteiger partial charge on any atom is -0.467 e. The molecule has 0 saturated heterocycles. The van der Waals surface area contributed by atoms with E-state index in [4.69, 9.17) is 4.74 Å². The Bertz CT molecular complexity index is 897. The number of aromatic nitrogens is 2. The summed E-state index contributed by atoms with van der Waals surface area (Å²) in [5, 5.41) is 3.68. The van der Waals surface area contributed by atoms with Crippen molar-refractivity contribution >= 4 is 22.8 Å². The molecule has 6 heteroatoms. The molecule has 0 radical (unpaired) electrons. The number of pyridine rings is 2. The van der Waals surface area contributed by atoms with Gasteiger partial charge in [0.1, 0.15) is 11.7 Å². The number of ether oxygens (including phenoxy) is 1. The molecule has 0 bridgehead atoms. The maximum atomic E-state index is 12.3. The number of hydrogen-bond donors (Lipinski definition) is 1. The second-order valence-electron chi connectivity index (χ2n) is 5.46. The molecule has 25 heavy (non-hydrogen) atoms. The Labute approximate surface area is 144 Å². The van der Waals surface area contributed by atoms with Gasteiger partial charge in [-0.05, 0) is 24.3 Å². The summed E-state index contributed by atoms with van der Waals surface area (Å²) in [4.78, 5) is 32.9. The van der Waals surface area contributed by atoms with E-state index in [-0.39, 0.29) is 12.1 Å². The van der Waals surface area contributed by atoms with E-state index >= 15 is 0 Å². The average Bonchev–Trinajstić information content (AvgIpc) is 2.67. The zero-order valence-electron chi connectivity index (χ0n) is 13.7. The Hall–Kier alpha value is -3.28. The number of carbonyl (C=O) groups is 2. The maximum absolute atomic E-state index is 12.3. The normalized spacial score (nSPS) is 11.7. The molecule has 0 spiro atoms. The zero-order chi connectivity index (χ0) is 17.6. The number of nitrogens with zero attached hydrogens (tertiary/aromatic N) is 2. The lowest BCUT2D eigenvalue weighted by Gasteiger charge is -2.16. The van der Waals surface area contributed by atoms with Gasteiger partial charge in [0.15, 0.2) is 0 Å². The molecule has 126 valence electrons. The van der Waals surface area contributed by atoms with Gasteiger partial charge in [0.25, 0.3) is 5.91 Å². The van der Waals surface area contributed by atoms with E-state index in [1.165, 1.54) is 13.3 Å². The Morgan fingerprint density at radius 1 is 1.08 bits per heavy atom. The third-order valence-electron chi connectivity index (χ3n) is 3.76. The summed E-state index contributed by atoms with van der Waals surface area (Å²) in [6.45, 7) is 0. The topological polar surface area (TPSA) is 81.2 Å². The van der Waals surface area contributed by atoms with E-state index in [1.54, 1.807) is 18.2 Å². The lowest BCUT2D eigenvalue weighted by Crippen LogP contribution is -2.43. The fraction of sp³-hybridized carbons (Fsp3) is 0.158. The smallest absolute Gasteiger partial charge is 0.328 e. The van der Waals surface area contributed by atoms with Gasteiger partial charge in [-0.1, -0.05) is 30.3 Å². The fourth-order valence-corrected chi connectivity index (χ4v) is 2.50. The molecule has 1 aromatic carbocycles. The number of methoxy groups -OCH3 is 1. The molecule has 1 amide bonds. The van der Waals surface area contributed by atoms with Crippen molar-refractivity contribution < 1.29 is 14.3 Å². The summed E-state index contributed by atoms with van der Waals surface area (Å²) in [7, 11) is 1.29. The van der Waals surface area contributed by atoms with Gasteiger partial charge in [-0.2, -0.15) is 0 Å². The van der Waals surface area contributed by atoms with Gasteiger partial charge in [0.05, 0.1) is 12.6 Å². The summed E-state index contributed by atoms with van der Waals surface area (Å²) in [6.07, 6.45) is 1.75. The lowest BCUT2D eigenvalue weighted by atomic mass is 10.1. The molecule has 0 fully saturated rings. The van der Waals surface area contributed by atoms with Crippen LogP contribution in [0, 0.1) is 0 Å². The number of para-hydroxylation sites is 1. The number of fused-ring (bicyclic) bond motifs is 1. The molecule has 0 saturated carbocycles. The molecule has 0 unspecified atom stereocenters. The number of hydrogen-bond acceptors (Lipinski definition) is 5. The highest BCUT2D eigenvalue weighted by Crippen LogP contribution is 2.13. The average molecular weight is 335 g/mol. The molecule has 1 N–H and O–H groups in total. The molecule has 3 aromatic rings. The zero-order valence-corrected chi connectivity index (χ0v) is 13.7. The Balaban J connectivity index is 1.80. The van der Waals surface area contributed by atoms with Crippen LogP contribution in [0.1, 0.15) is 16.2 Å². The van der Waals surface area contributed by atoms with Crippen molar-refractivity contribution in [1.29, 1.82) is 0 Å². The summed E-state index contributed by atoms with van der Waals surface area (Å²) >= 11 is 0. The predicted molar refractivity (Wildman–Crippen MR) is 93.0 cm³/mol. The predicted octanol–water partition coefficient (Wildman–Crippen LogP) is 2.14. The van der Waals surface area contributed by atoms with Gasteiger partial charge in [0.2, 0.25) is 0 Å². The highest BCUT2D eigenvalue weighted by atomic mass is 16.5. The van der Waals surface area contributed by atoms with Crippen LogP contribution in [0.2, 0.25) is 0 Å². The van der Waals surface area contributed by atoms with Gasteiger partial charge in [-0.25, -0.2) is 4.79 Å². The SMILES string of the molecule is COC(=O)[C@@H](Cc1ccc2ccccc2n1)NC(=O)c1ccccn1. The van der Waals surface area contributed by atoms with Crippen molar-refractivity contribution in [2.24, 2.45) is 0 Å². The van der Waals surface area contributed by atoms with Crippen LogP contribution >= 0.6 is 0 Å². The van der Waals surface area contributed by atoms with Crippen molar-refractivity contribution in [1.82, 2.24) is 15.3 Å². The second kappa shape index (κ2) is 7.53. The summed E-state index contributed by atoms with van der Waals surface area (Å²) in [5.74, 6) is -0.962. The Kier molecular flexibility index (Phi) is 4.99. The molecule has 2 heterocycles. The molecule has 2 aromatic heterocycles. The third kappa shape index (κ3) is 3.98. The first-order chi connectivity index (χ1) is 12.2. The van der Waals surface area contributed by atoms with Crippen LogP contribution in [0.25, 0.3) is 10.9 Å². The van der Waals surface area contributed by atoms with Crippen molar-refractivity contribution in [3.05, 3.63) is 72.2 Å². The van der Waals surface area contributed by atoms with Crippen LogP contribution in [0.4, 0.5) is 0 Å². The molecule has 1 atom stereocenters. The van der Waals surface area contributed by atoms with Crippen LogP contribution in [-0.4, -0.2) is 35.0 Å². The Morgan fingerprint density at radius 3 is 2.64 bits per heavy atom. The van der Waals surface area contributed by atoms with Crippen molar-refractivity contribution in [2.45, 2.75) is 12.5 Å². The highest BCUT2D eigenvalue weighted by molar-refractivity contribution is 5.95. The van der Waals surface area contributed by atoms with Crippen LogP contribution in [0.3, 0.4) is 0 Å². The highest BCUT2D eigenvalue weighted by Gasteiger charge is 2.23. The molecular weight excluding hydrogens is 318 g/mol. The summed E-state index contributed by atoms with van der Waals surface area (Å²) in [5.41, 5.74) is 1.76. The number of benzene rings is 1. The van der Waals surface area contributed by atoms with Gasteiger partial charge in [-0.3, -0.25) is 14.8 Å². The minimum atomic E-state index is -0.840. The molecule has 3 rings (SSSR count). The minimum absolute atomic E-state index is 0.232. The van der Waals surface area contributed by atoms with E-state index in [1.807, 2.05) is 36.4 Å². The first kappa shape index (κ1) is 16.6. The largest absolute Gasteiger partial charge is 0.467 e. The van der Waals surface area contributed by atoms with Gasteiger partial charge < -0.3 is 10.1 Å². The summed E-state index contributed by atoms with van der Waals surface area (Å²) in [6, 6.07) is 15.6. The van der Waals surface area contributed by atoms with E-state index in [0.717, 1.165) is 10.9 Å². The summed E-state index contributed by atoms with van der Waals surface area (Å²) < 4.78 is 4.81. The van der Waals surface area contributed by atoms with Gasteiger partial charge in [0, 0.05) is 23.7 Å². The standard InChI is InChI=1S/C19H17N3O3/c1-25-19(24)17(22-18(23)16-8-4-5-11-20-16)12-14-10-9-13-6-2-3-7-15(13)21-14/h2-11,17H,12H2,1H3,(H,22,23)/t17-/m1/s1. The molecule has 0 aliphatic rings. The molecular formula is C19H17N3O3. The first-order valence-corrected chi connectivity index (χ1v) is 7.82. The van der Waals surface area contributed by atoms with Crippen molar-refractivity contribution in [3.8, 4) is 0 Å². The quantitative estimate of drug-likeness (QED) is 0.723. The molecule has 0 aliphatic carbocycles. The van der Waals surface area contributed by atoms with Crippen LogP contribution < -0.4 is 5.32 Å². The van der Waals surface area contributed by atoms with Crippen LogP contribution in [-0.2, 0) is 16.0 Å². The maximum Gasteiger partial charge on any atom is 0.328 e. The fourth-order valence-electron chi connectivity index (χ4n) is 2.50. The molecule has 0 aliphatic heterocycles. The van der Waals surface area contributed by atoms with Crippen molar-refractivity contribution in [3.63, 3.8) is 0 Å². The number of amides is 1. The third-order valence-corrected chi connectivity index (χ3v) is 3.76. The Morgan fingerprint density at radius 2 is 1.88 bits per heavy atom. The van der Waals surface area contributed by atoms with Crippen LogP contribution in [0.15, 0.2) is 60.8 Å². The number of carbonyl (C=O) groups excluding carboxylic acids is 2. The second-order valence-corrected chi connectivity index (χ2v) is 5.46. The number of rotatable bonds is 5. The van der Waals surface area contributed by atoms with Gasteiger partial charge >= 0.3 is 5.97 Å².